The van der Waals surface area contributed by atoms with Crippen molar-refractivity contribution in [2.24, 2.45) is 0 Å². The van der Waals surface area contributed by atoms with Crippen molar-refractivity contribution in [3.05, 3.63) is 33.2 Å². The van der Waals surface area contributed by atoms with Gasteiger partial charge in [0.1, 0.15) is 0 Å². The Morgan fingerprint density at radius 3 is 3.24 bits per heavy atom. The summed E-state index contributed by atoms with van der Waals surface area (Å²) in [4.78, 5) is 11.8. The van der Waals surface area contributed by atoms with Crippen LogP contribution in [0.4, 0.5) is 0 Å². The lowest BCUT2D eigenvalue weighted by atomic mass is 10.2. The molecule has 2 aromatic rings. The highest BCUT2D eigenvalue weighted by molar-refractivity contribution is 7.08. The maximum atomic E-state index is 11.8. The molecule has 1 aliphatic rings. The monoisotopic (exact) mass is 250 g/mol. The highest BCUT2D eigenvalue weighted by Gasteiger charge is 2.17. The number of ether oxygens (including phenoxy) is 1. The third-order valence-electron chi connectivity index (χ3n) is 3.03. The second-order valence-electron chi connectivity index (χ2n) is 4.27. The molecule has 0 amide bonds. The molecule has 0 saturated carbocycles. The van der Waals surface area contributed by atoms with Gasteiger partial charge in [0.15, 0.2) is 0 Å². The van der Waals surface area contributed by atoms with Crippen molar-refractivity contribution in [2.45, 2.75) is 25.5 Å². The van der Waals surface area contributed by atoms with Gasteiger partial charge in [0, 0.05) is 23.6 Å². The topological polar surface area (TPSA) is 47.0 Å². The van der Waals surface area contributed by atoms with Crippen LogP contribution >= 0.6 is 11.3 Å². The number of hydrogen-bond acceptors (Lipinski definition) is 3. The lowest BCUT2D eigenvalue weighted by Crippen LogP contribution is -2.24. The van der Waals surface area contributed by atoms with Gasteiger partial charge >= 0.3 is 0 Å². The fraction of sp³-hybridized carbons (Fsp3) is 0.417. The highest BCUT2D eigenvalue weighted by Crippen LogP contribution is 2.19. The minimum absolute atomic E-state index is 0.0155. The van der Waals surface area contributed by atoms with Crippen LogP contribution in [0.1, 0.15) is 12.8 Å². The molecule has 1 saturated heterocycles. The summed E-state index contributed by atoms with van der Waals surface area (Å²) in [5, 5.41) is 7.18. The molecule has 1 N–H and O–H groups in total. The summed E-state index contributed by atoms with van der Waals surface area (Å²) in [6, 6.07) is 3.66. The number of nitrogens with one attached hydrogen (secondary N) is 1. The van der Waals surface area contributed by atoms with E-state index >= 15 is 0 Å². The SMILES string of the molecule is O=c1cc(-c2ccsc2)[nH]n1CC1CCCO1. The van der Waals surface area contributed by atoms with Crippen LogP contribution in [0, 0.1) is 0 Å². The second-order valence-corrected chi connectivity index (χ2v) is 5.05. The summed E-state index contributed by atoms with van der Waals surface area (Å²) in [6.07, 6.45) is 2.32. The van der Waals surface area contributed by atoms with Gasteiger partial charge in [-0.2, -0.15) is 11.3 Å². The van der Waals surface area contributed by atoms with E-state index in [2.05, 4.69) is 5.10 Å². The minimum atomic E-state index is 0.0155. The average Bonchev–Trinajstić information content (AvgIpc) is 3.02. The van der Waals surface area contributed by atoms with Crippen molar-refractivity contribution in [3.8, 4) is 11.3 Å². The third kappa shape index (κ3) is 2.21. The van der Waals surface area contributed by atoms with Crippen LogP contribution in [-0.4, -0.2) is 22.5 Å². The number of aromatic amines is 1. The Kier molecular flexibility index (Phi) is 2.86. The number of thiophene rings is 1. The Morgan fingerprint density at radius 2 is 2.53 bits per heavy atom. The lowest BCUT2D eigenvalue weighted by molar-refractivity contribution is 0.0932. The van der Waals surface area contributed by atoms with Crippen molar-refractivity contribution in [1.82, 2.24) is 9.78 Å². The van der Waals surface area contributed by atoms with Crippen LogP contribution < -0.4 is 5.56 Å². The van der Waals surface area contributed by atoms with E-state index in [4.69, 9.17) is 4.74 Å². The standard InChI is InChI=1S/C12H14N2O2S/c15-12-6-11(9-3-5-17-8-9)13-14(12)7-10-2-1-4-16-10/h3,5-6,8,10,13H,1-2,4,7H2. The summed E-state index contributed by atoms with van der Waals surface area (Å²) in [5.74, 6) is 0. The predicted octanol–water partition coefficient (Wildman–Crippen LogP) is 2.08. The fourth-order valence-electron chi connectivity index (χ4n) is 2.13. The molecule has 4 nitrogen and oxygen atoms in total. The van der Waals surface area contributed by atoms with Crippen LogP contribution in [0.2, 0.25) is 0 Å². The van der Waals surface area contributed by atoms with E-state index < -0.39 is 0 Å². The number of aromatic nitrogens is 2. The first-order valence-electron chi connectivity index (χ1n) is 5.77. The van der Waals surface area contributed by atoms with Crippen molar-refractivity contribution in [1.29, 1.82) is 0 Å². The number of rotatable bonds is 3. The number of hydrogen-bond donors (Lipinski definition) is 1. The maximum absolute atomic E-state index is 11.8. The molecule has 17 heavy (non-hydrogen) atoms. The average molecular weight is 250 g/mol. The molecule has 0 aromatic carbocycles. The fourth-order valence-corrected chi connectivity index (χ4v) is 2.78. The summed E-state index contributed by atoms with van der Waals surface area (Å²) >= 11 is 1.63. The van der Waals surface area contributed by atoms with Crippen molar-refractivity contribution in [3.63, 3.8) is 0 Å². The Labute approximate surface area is 103 Å². The third-order valence-corrected chi connectivity index (χ3v) is 3.71. The van der Waals surface area contributed by atoms with Gasteiger partial charge < -0.3 is 4.74 Å². The molecular formula is C12H14N2O2S. The van der Waals surface area contributed by atoms with Crippen LogP contribution in [0.15, 0.2) is 27.7 Å². The van der Waals surface area contributed by atoms with Crippen LogP contribution in [0.5, 0.6) is 0 Å². The van der Waals surface area contributed by atoms with E-state index in [1.165, 1.54) is 0 Å². The number of nitrogens with zero attached hydrogens (tertiary/aromatic N) is 1. The quantitative estimate of drug-likeness (QED) is 0.906. The van der Waals surface area contributed by atoms with Gasteiger partial charge in [-0.25, -0.2) is 0 Å². The van der Waals surface area contributed by atoms with Gasteiger partial charge in [0.2, 0.25) is 0 Å². The first-order chi connectivity index (χ1) is 8.33. The molecule has 1 fully saturated rings. The summed E-state index contributed by atoms with van der Waals surface area (Å²) in [7, 11) is 0. The molecule has 0 radical (unpaired) electrons. The van der Waals surface area contributed by atoms with E-state index in [1.54, 1.807) is 22.1 Å². The Bertz CT molecular complexity index is 535. The van der Waals surface area contributed by atoms with Crippen LogP contribution in [-0.2, 0) is 11.3 Å². The molecule has 2 aromatic heterocycles. The van der Waals surface area contributed by atoms with Crippen molar-refractivity contribution < 1.29 is 4.74 Å². The molecule has 1 unspecified atom stereocenters. The molecule has 3 rings (SSSR count). The molecule has 0 spiro atoms. The smallest absolute Gasteiger partial charge is 0.267 e. The predicted molar refractivity (Wildman–Crippen MR) is 67.3 cm³/mol. The maximum Gasteiger partial charge on any atom is 0.267 e. The largest absolute Gasteiger partial charge is 0.376 e. The zero-order valence-electron chi connectivity index (χ0n) is 9.39. The summed E-state index contributed by atoms with van der Waals surface area (Å²) < 4.78 is 7.18. The summed E-state index contributed by atoms with van der Waals surface area (Å²) in [5.41, 5.74) is 1.97. The summed E-state index contributed by atoms with van der Waals surface area (Å²) in [6.45, 7) is 1.44. The molecule has 3 heterocycles. The molecule has 90 valence electrons. The van der Waals surface area contributed by atoms with Crippen molar-refractivity contribution in [2.75, 3.05) is 6.61 Å². The van der Waals surface area contributed by atoms with Gasteiger partial charge in [-0.15, -0.1) is 0 Å². The molecule has 1 aliphatic heterocycles. The lowest BCUT2D eigenvalue weighted by Gasteiger charge is -2.08. The van der Waals surface area contributed by atoms with Crippen LogP contribution in [0.25, 0.3) is 11.3 Å². The van der Waals surface area contributed by atoms with E-state index in [-0.39, 0.29) is 11.7 Å². The van der Waals surface area contributed by atoms with Gasteiger partial charge in [0.05, 0.1) is 18.3 Å². The van der Waals surface area contributed by atoms with Gasteiger partial charge in [-0.3, -0.25) is 14.6 Å². The van der Waals surface area contributed by atoms with E-state index in [0.29, 0.717) is 6.54 Å². The zero-order valence-corrected chi connectivity index (χ0v) is 10.2. The Hall–Kier alpha value is -1.33. The van der Waals surface area contributed by atoms with Gasteiger partial charge in [-0.05, 0) is 24.3 Å². The Morgan fingerprint density at radius 1 is 1.59 bits per heavy atom. The highest BCUT2D eigenvalue weighted by atomic mass is 32.1. The first kappa shape index (κ1) is 10.8. The van der Waals surface area contributed by atoms with Crippen LogP contribution in [0.3, 0.4) is 0 Å². The van der Waals surface area contributed by atoms with E-state index in [0.717, 1.165) is 30.7 Å². The molecule has 0 bridgehead atoms. The normalized spacial score (nSPS) is 19.9. The molecule has 0 aliphatic carbocycles. The Balaban J connectivity index is 1.83. The second kappa shape index (κ2) is 4.50. The van der Waals surface area contributed by atoms with E-state index in [9.17, 15) is 4.79 Å². The number of H-pyrrole nitrogens is 1. The van der Waals surface area contributed by atoms with E-state index in [1.807, 2.05) is 16.8 Å². The van der Waals surface area contributed by atoms with Crippen molar-refractivity contribution >= 4 is 11.3 Å². The molecule has 5 heteroatoms. The van der Waals surface area contributed by atoms with Gasteiger partial charge in [0.25, 0.3) is 5.56 Å². The molecular weight excluding hydrogens is 236 g/mol. The minimum Gasteiger partial charge on any atom is -0.376 e. The first-order valence-corrected chi connectivity index (χ1v) is 6.71. The van der Waals surface area contributed by atoms with Gasteiger partial charge in [-0.1, -0.05) is 0 Å². The zero-order chi connectivity index (χ0) is 11.7. The molecule has 1 atom stereocenters.